The highest BCUT2D eigenvalue weighted by atomic mass is 79.9. The molecule has 0 aliphatic carbocycles. The Morgan fingerprint density at radius 2 is 2.30 bits per heavy atom. The molecule has 1 unspecified atom stereocenters. The largest absolute Gasteiger partial charge is 0.467 e. The van der Waals surface area contributed by atoms with Crippen molar-refractivity contribution in [3.63, 3.8) is 0 Å². The van der Waals surface area contributed by atoms with Gasteiger partial charge in [0.2, 0.25) is 0 Å². The number of nitrogen functional groups attached to an aromatic ring is 1. The van der Waals surface area contributed by atoms with Gasteiger partial charge in [-0.1, -0.05) is 22.9 Å². The minimum atomic E-state index is -0.438. The number of rotatable bonds is 4. The van der Waals surface area contributed by atoms with Crippen molar-refractivity contribution in [3.05, 3.63) is 28.9 Å². The number of nitrogens with zero attached hydrogens (tertiary/aromatic N) is 1. The molecule has 106 valence electrons. The van der Waals surface area contributed by atoms with Crippen LogP contribution in [0.15, 0.2) is 28.9 Å². The number of nitrogens with two attached hydrogens (primary N) is 1. The predicted octanol–water partition coefficient (Wildman–Crippen LogP) is 2.94. The van der Waals surface area contributed by atoms with Crippen LogP contribution in [0, 0.1) is 0 Å². The first-order valence-corrected chi connectivity index (χ1v) is 7.04. The van der Waals surface area contributed by atoms with E-state index in [4.69, 9.17) is 10.5 Å². The topological polar surface area (TPSA) is 77.2 Å². The summed E-state index contributed by atoms with van der Waals surface area (Å²) in [5.74, 6) is -0.313. The summed E-state index contributed by atoms with van der Waals surface area (Å²) in [6, 6.07) is 5.29. The molecule has 0 bridgehead atoms. The van der Waals surface area contributed by atoms with Gasteiger partial charge in [-0.25, -0.2) is 4.79 Å². The van der Waals surface area contributed by atoms with Crippen LogP contribution < -0.4 is 11.1 Å². The van der Waals surface area contributed by atoms with Crippen molar-refractivity contribution in [2.24, 2.45) is 0 Å². The third kappa shape index (κ3) is 2.85. The predicted molar refractivity (Wildman–Crippen MR) is 83.6 cm³/mol. The normalized spacial score (nSPS) is 12.2. The number of carbonyl (C=O) groups excluding carboxylic acids is 1. The minimum absolute atomic E-state index is 0.313. The van der Waals surface area contributed by atoms with Crippen molar-refractivity contribution in [3.8, 4) is 0 Å². The van der Waals surface area contributed by atoms with Crippen molar-refractivity contribution in [1.29, 1.82) is 0 Å². The summed E-state index contributed by atoms with van der Waals surface area (Å²) in [7, 11) is 1.37. The van der Waals surface area contributed by atoms with E-state index < -0.39 is 6.04 Å². The van der Waals surface area contributed by atoms with Crippen molar-refractivity contribution in [2.45, 2.75) is 19.4 Å². The van der Waals surface area contributed by atoms with Gasteiger partial charge in [0.1, 0.15) is 6.04 Å². The van der Waals surface area contributed by atoms with Gasteiger partial charge >= 0.3 is 5.97 Å². The maximum absolute atomic E-state index is 11.7. The quantitative estimate of drug-likeness (QED) is 0.838. The number of methoxy groups -OCH3 is 1. The number of hydrogen-bond donors (Lipinski definition) is 2. The summed E-state index contributed by atoms with van der Waals surface area (Å²) in [6.45, 7) is 1.91. The zero-order valence-electron chi connectivity index (χ0n) is 11.3. The van der Waals surface area contributed by atoms with Crippen LogP contribution in [0.2, 0.25) is 0 Å². The smallest absolute Gasteiger partial charge is 0.328 e. The second-order valence-electron chi connectivity index (χ2n) is 4.38. The van der Waals surface area contributed by atoms with E-state index in [-0.39, 0.29) is 5.97 Å². The Bertz CT molecular complexity index is 640. The second kappa shape index (κ2) is 6.09. The fourth-order valence-corrected chi connectivity index (χ4v) is 2.35. The van der Waals surface area contributed by atoms with E-state index in [9.17, 15) is 4.79 Å². The van der Waals surface area contributed by atoms with Gasteiger partial charge < -0.3 is 15.8 Å². The van der Waals surface area contributed by atoms with Gasteiger partial charge in [-0.05, 0) is 24.6 Å². The van der Waals surface area contributed by atoms with Crippen LogP contribution in [0.25, 0.3) is 10.9 Å². The molecule has 0 fully saturated rings. The summed E-state index contributed by atoms with van der Waals surface area (Å²) >= 11 is 3.43. The van der Waals surface area contributed by atoms with Gasteiger partial charge in [0.05, 0.1) is 30.2 Å². The molecule has 0 aliphatic heterocycles. The van der Waals surface area contributed by atoms with Gasteiger partial charge in [0.25, 0.3) is 0 Å². The maximum atomic E-state index is 11.7. The minimum Gasteiger partial charge on any atom is -0.467 e. The number of esters is 1. The Balaban J connectivity index is 2.49. The van der Waals surface area contributed by atoms with Crippen LogP contribution >= 0.6 is 15.9 Å². The molecular formula is C14H16BrN3O2. The lowest BCUT2D eigenvalue weighted by molar-refractivity contribution is -0.141. The lowest BCUT2D eigenvalue weighted by Gasteiger charge is -2.18. The molecule has 6 heteroatoms. The molecule has 2 aromatic rings. The number of aromatic nitrogens is 1. The average molecular weight is 338 g/mol. The lowest BCUT2D eigenvalue weighted by atomic mass is 10.1. The highest BCUT2D eigenvalue weighted by molar-refractivity contribution is 9.10. The number of halogens is 1. The van der Waals surface area contributed by atoms with E-state index in [1.165, 1.54) is 7.11 Å². The molecule has 5 nitrogen and oxygen atoms in total. The fraction of sp³-hybridized carbons (Fsp3) is 0.286. The van der Waals surface area contributed by atoms with Crippen molar-refractivity contribution < 1.29 is 9.53 Å². The highest BCUT2D eigenvalue weighted by Crippen LogP contribution is 2.30. The first kappa shape index (κ1) is 14.6. The molecule has 1 aromatic heterocycles. The number of nitrogens with one attached hydrogen (secondary N) is 1. The molecule has 1 aromatic carbocycles. The lowest BCUT2D eigenvalue weighted by Crippen LogP contribution is -2.30. The number of fused-ring (bicyclic) bond motifs is 1. The number of anilines is 2. The highest BCUT2D eigenvalue weighted by Gasteiger charge is 2.19. The van der Waals surface area contributed by atoms with Crippen LogP contribution in [-0.4, -0.2) is 24.1 Å². The monoisotopic (exact) mass is 337 g/mol. The van der Waals surface area contributed by atoms with Crippen LogP contribution in [-0.2, 0) is 9.53 Å². The molecule has 0 aliphatic rings. The Morgan fingerprint density at radius 1 is 1.55 bits per heavy atom. The van der Waals surface area contributed by atoms with E-state index in [1.54, 1.807) is 6.20 Å². The van der Waals surface area contributed by atoms with Crippen LogP contribution in [0.4, 0.5) is 11.4 Å². The SMILES string of the molecule is CCC(Nc1c(N)cnc2ccc(Br)cc12)C(=O)OC. The van der Waals surface area contributed by atoms with E-state index in [2.05, 4.69) is 26.2 Å². The number of pyridine rings is 1. The summed E-state index contributed by atoms with van der Waals surface area (Å²) in [5, 5.41) is 4.02. The summed E-state index contributed by atoms with van der Waals surface area (Å²) in [4.78, 5) is 16.0. The molecule has 1 heterocycles. The van der Waals surface area contributed by atoms with Gasteiger partial charge in [-0.2, -0.15) is 0 Å². The van der Waals surface area contributed by atoms with E-state index in [0.717, 1.165) is 15.4 Å². The molecule has 20 heavy (non-hydrogen) atoms. The molecular weight excluding hydrogens is 322 g/mol. The molecule has 0 amide bonds. The maximum Gasteiger partial charge on any atom is 0.328 e. The first-order chi connectivity index (χ1) is 9.56. The van der Waals surface area contributed by atoms with Crippen molar-refractivity contribution in [1.82, 2.24) is 4.98 Å². The van der Waals surface area contributed by atoms with Crippen molar-refractivity contribution in [2.75, 3.05) is 18.2 Å². The van der Waals surface area contributed by atoms with E-state index in [0.29, 0.717) is 17.8 Å². The molecule has 0 saturated carbocycles. The fourth-order valence-electron chi connectivity index (χ4n) is 1.99. The van der Waals surface area contributed by atoms with Gasteiger partial charge in [0, 0.05) is 9.86 Å². The number of ether oxygens (including phenoxy) is 1. The molecule has 0 radical (unpaired) electrons. The zero-order chi connectivity index (χ0) is 14.7. The zero-order valence-corrected chi connectivity index (χ0v) is 12.9. The average Bonchev–Trinajstić information content (AvgIpc) is 2.45. The first-order valence-electron chi connectivity index (χ1n) is 6.25. The summed E-state index contributed by atoms with van der Waals surface area (Å²) < 4.78 is 5.71. The number of benzene rings is 1. The summed E-state index contributed by atoms with van der Waals surface area (Å²) in [5.41, 5.74) is 8.00. The Morgan fingerprint density at radius 3 is 2.95 bits per heavy atom. The van der Waals surface area contributed by atoms with Crippen molar-refractivity contribution >= 4 is 44.2 Å². The number of hydrogen-bond acceptors (Lipinski definition) is 5. The third-order valence-corrected chi connectivity index (χ3v) is 3.57. The van der Waals surface area contributed by atoms with Gasteiger partial charge in [-0.3, -0.25) is 4.98 Å². The molecule has 0 saturated heterocycles. The molecule has 2 rings (SSSR count). The molecule has 1 atom stereocenters. The van der Waals surface area contributed by atoms with Gasteiger partial charge in [0.15, 0.2) is 0 Å². The second-order valence-corrected chi connectivity index (χ2v) is 5.29. The summed E-state index contributed by atoms with van der Waals surface area (Å²) in [6.07, 6.45) is 2.19. The molecule has 3 N–H and O–H groups in total. The Labute approximate surface area is 125 Å². The third-order valence-electron chi connectivity index (χ3n) is 3.07. The standard InChI is InChI=1S/C14H16BrN3O2/c1-3-11(14(19)20-2)18-13-9-6-8(15)4-5-12(9)17-7-10(13)16/h4-7,11H,3,16H2,1-2H3,(H,17,18). The van der Waals surface area contributed by atoms with Gasteiger partial charge in [-0.15, -0.1) is 0 Å². The molecule has 0 spiro atoms. The van der Waals surface area contributed by atoms with Crippen LogP contribution in [0.5, 0.6) is 0 Å². The van der Waals surface area contributed by atoms with Crippen LogP contribution in [0.3, 0.4) is 0 Å². The van der Waals surface area contributed by atoms with E-state index >= 15 is 0 Å². The van der Waals surface area contributed by atoms with Crippen LogP contribution in [0.1, 0.15) is 13.3 Å². The Hall–Kier alpha value is -1.82. The Kier molecular flexibility index (Phi) is 4.44. The van der Waals surface area contributed by atoms with E-state index in [1.807, 2.05) is 25.1 Å². The number of carbonyl (C=O) groups is 1.